The van der Waals surface area contributed by atoms with Gasteiger partial charge in [0.1, 0.15) is 0 Å². The summed E-state index contributed by atoms with van der Waals surface area (Å²) in [6.45, 7) is 8.15. The van der Waals surface area contributed by atoms with Crippen LogP contribution in [0.4, 0.5) is 0 Å². The zero-order chi connectivity index (χ0) is 15.6. The van der Waals surface area contributed by atoms with Crippen molar-refractivity contribution in [2.24, 2.45) is 11.3 Å². The second kappa shape index (κ2) is 5.88. The smallest absolute Gasteiger partial charge is 0.335 e. The lowest BCUT2D eigenvalue weighted by atomic mass is 9.80. The molecule has 4 heteroatoms. The van der Waals surface area contributed by atoms with Crippen LogP contribution in [0.1, 0.15) is 43.1 Å². The van der Waals surface area contributed by atoms with E-state index in [1.165, 1.54) is 0 Å². The number of carboxylic acid groups (broad SMARTS) is 1. The summed E-state index contributed by atoms with van der Waals surface area (Å²) in [4.78, 5) is 25.4. The molecule has 1 aliphatic heterocycles. The van der Waals surface area contributed by atoms with Crippen molar-refractivity contribution < 1.29 is 14.7 Å². The Labute approximate surface area is 125 Å². The van der Waals surface area contributed by atoms with Crippen LogP contribution >= 0.6 is 0 Å². The van der Waals surface area contributed by atoms with Crippen LogP contribution in [0.5, 0.6) is 0 Å². The van der Waals surface area contributed by atoms with Gasteiger partial charge in [-0.1, -0.05) is 39.0 Å². The summed E-state index contributed by atoms with van der Waals surface area (Å²) >= 11 is 0. The van der Waals surface area contributed by atoms with Crippen LogP contribution in [0.15, 0.2) is 24.3 Å². The van der Waals surface area contributed by atoms with Gasteiger partial charge in [0.15, 0.2) is 0 Å². The molecule has 0 saturated carbocycles. The van der Waals surface area contributed by atoms with Crippen molar-refractivity contribution in [3.8, 4) is 0 Å². The summed E-state index contributed by atoms with van der Waals surface area (Å²) in [7, 11) is 0. The standard InChI is InChI=1S/C17H23NO3/c1-17(2,3)13-8-9-18(11-13)15(19)10-12-6-4-5-7-14(12)16(20)21/h4-7,13H,8-11H2,1-3H3,(H,20,21). The Bertz CT molecular complexity index is 545. The SMILES string of the molecule is CC(C)(C)C1CCN(C(=O)Cc2ccccc2C(=O)O)C1. The Balaban J connectivity index is 2.05. The van der Waals surface area contributed by atoms with E-state index in [4.69, 9.17) is 5.11 Å². The van der Waals surface area contributed by atoms with E-state index in [0.29, 0.717) is 11.5 Å². The summed E-state index contributed by atoms with van der Waals surface area (Å²) in [6.07, 6.45) is 1.19. The van der Waals surface area contributed by atoms with Gasteiger partial charge in [-0.2, -0.15) is 0 Å². The molecule has 1 amide bonds. The number of carboxylic acids is 1. The number of hydrogen-bond acceptors (Lipinski definition) is 2. The van der Waals surface area contributed by atoms with E-state index in [0.717, 1.165) is 19.5 Å². The minimum atomic E-state index is -0.979. The molecule has 0 spiro atoms. The minimum absolute atomic E-state index is 0.0236. The normalized spacial score (nSPS) is 18.8. The van der Waals surface area contributed by atoms with Crippen LogP contribution in [0.3, 0.4) is 0 Å². The number of amides is 1. The van der Waals surface area contributed by atoms with Gasteiger partial charge in [0.05, 0.1) is 12.0 Å². The fourth-order valence-corrected chi connectivity index (χ4v) is 2.85. The number of rotatable bonds is 3. The molecule has 1 fully saturated rings. The van der Waals surface area contributed by atoms with E-state index >= 15 is 0 Å². The fraction of sp³-hybridized carbons (Fsp3) is 0.529. The van der Waals surface area contributed by atoms with E-state index in [-0.39, 0.29) is 23.3 Å². The van der Waals surface area contributed by atoms with E-state index in [1.807, 2.05) is 4.90 Å². The second-order valence-corrected chi connectivity index (χ2v) is 6.83. The highest BCUT2D eigenvalue weighted by molar-refractivity contribution is 5.91. The Morgan fingerprint density at radius 2 is 1.95 bits per heavy atom. The molecule has 1 aliphatic rings. The van der Waals surface area contributed by atoms with Crippen molar-refractivity contribution >= 4 is 11.9 Å². The first-order valence-electron chi connectivity index (χ1n) is 7.38. The number of carbonyl (C=O) groups excluding carboxylic acids is 1. The average molecular weight is 289 g/mol. The highest BCUT2D eigenvalue weighted by Gasteiger charge is 2.33. The summed E-state index contributed by atoms with van der Waals surface area (Å²) in [5.41, 5.74) is 1.01. The van der Waals surface area contributed by atoms with Crippen molar-refractivity contribution in [3.63, 3.8) is 0 Å². The molecule has 0 aromatic heterocycles. The molecular formula is C17H23NO3. The van der Waals surface area contributed by atoms with Crippen LogP contribution in [-0.2, 0) is 11.2 Å². The van der Waals surface area contributed by atoms with Crippen molar-refractivity contribution in [2.75, 3.05) is 13.1 Å². The van der Waals surface area contributed by atoms with Gasteiger partial charge in [0, 0.05) is 13.1 Å². The number of hydrogen-bond donors (Lipinski definition) is 1. The molecule has 2 rings (SSSR count). The van der Waals surface area contributed by atoms with Crippen LogP contribution in [-0.4, -0.2) is 35.0 Å². The topological polar surface area (TPSA) is 57.6 Å². The van der Waals surface area contributed by atoms with Crippen molar-refractivity contribution in [3.05, 3.63) is 35.4 Å². The lowest BCUT2D eigenvalue weighted by molar-refractivity contribution is -0.129. The lowest BCUT2D eigenvalue weighted by Gasteiger charge is -2.27. The number of likely N-dealkylation sites (tertiary alicyclic amines) is 1. The molecule has 4 nitrogen and oxygen atoms in total. The largest absolute Gasteiger partial charge is 0.478 e. The monoisotopic (exact) mass is 289 g/mol. The van der Waals surface area contributed by atoms with Crippen LogP contribution < -0.4 is 0 Å². The van der Waals surface area contributed by atoms with Crippen LogP contribution in [0.2, 0.25) is 0 Å². The van der Waals surface area contributed by atoms with Gasteiger partial charge in [0.25, 0.3) is 0 Å². The molecule has 1 aromatic carbocycles. The number of aromatic carboxylic acids is 1. The first kappa shape index (κ1) is 15.5. The highest BCUT2D eigenvalue weighted by atomic mass is 16.4. The molecule has 0 radical (unpaired) electrons. The number of benzene rings is 1. The molecule has 1 aromatic rings. The summed E-state index contributed by atoms with van der Waals surface area (Å²) in [5.74, 6) is -0.445. The van der Waals surface area contributed by atoms with Crippen LogP contribution in [0, 0.1) is 11.3 Å². The van der Waals surface area contributed by atoms with Gasteiger partial charge < -0.3 is 10.0 Å². The summed E-state index contributed by atoms with van der Waals surface area (Å²) in [6, 6.07) is 6.73. The predicted octanol–water partition coefficient (Wildman–Crippen LogP) is 2.82. The average Bonchev–Trinajstić information content (AvgIpc) is 2.88. The number of nitrogens with zero attached hydrogens (tertiary/aromatic N) is 1. The maximum atomic E-state index is 12.4. The van der Waals surface area contributed by atoms with Crippen molar-refractivity contribution in [1.82, 2.24) is 4.90 Å². The first-order chi connectivity index (χ1) is 9.79. The lowest BCUT2D eigenvalue weighted by Crippen LogP contribution is -2.32. The van der Waals surface area contributed by atoms with E-state index < -0.39 is 5.97 Å². The molecule has 1 unspecified atom stereocenters. The molecule has 1 heterocycles. The molecule has 1 saturated heterocycles. The quantitative estimate of drug-likeness (QED) is 0.931. The second-order valence-electron chi connectivity index (χ2n) is 6.83. The fourth-order valence-electron chi connectivity index (χ4n) is 2.85. The molecular weight excluding hydrogens is 266 g/mol. The van der Waals surface area contributed by atoms with Gasteiger partial charge in [-0.05, 0) is 29.4 Å². The first-order valence-corrected chi connectivity index (χ1v) is 7.38. The van der Waals surface area contributed by atoms with Gasteiger partial charge in [-0.3, -0.25) is 4.79 Å². The Hall–Kier alpha value is -1.84. The summed E-state index contributed by atoms with van der Waals surface area (Å²) in [5, 5.41) is 9.17. The highest BCUT2D eigenvalue weighted by Crippen LogP contribution is 2.33. The van der Waals surface area contributed by atoms with E-state index in [2.05, 4.69) is 20.8 Å². The van der Waals surface area contributed by atoms with Crippen molar-refractivity contribution in [2.45, 2.75) is 33.6 Å². The summed E-state index contributed by atoms with van der Waals surface area (Å²) < 4.78 is 0. The van der Waals surface area contributed by atoms with Gasteiger partial charge in [-0.15, -0.1) is 0 Å². The van der Waals surface area contributed by atoms with Gasteiger partial charge >= 0.3 is 5.97 Å². The predicted molar refractivity (Wildman–Crippen MR) is 81.2 cm³/mol. The van der Waals surface area contributed by atoms with E-state index in [9.17, 15) is 9.59 Å². The Kier molecular flexibility index (Phi) is 4.35. The third kappa shape index (κ3) is 3.63. The third-order valence-corrected chi connectivity index (χ3v) is 4.36. The maximum absolute atomic E-state index is 12.4. The molecule has 1 atom stereocenters. The van der Waals surface area contributed by atoms with Crippen molar-refractivity contribution in [1.29, 1.82) is 0 Å². The van der Waals surface area contributed by atoms with Gasteiger partial charge in [-0.25, -0.2) is 4.79 Å². The molecule has 0 bridgehead atoms. The minimum Gasteiger partial charge on any atom is -0.478 e. The van der Waals surface area contributed by atoms with Gasteiger partial charge in [0.2, 0.25) is 5.91 Å². The zero-order valence-electron chi connectivity index (χ0n) is 12.9. The molecule has 0 aliphatic carbocycles. The Morgan fingerprint density at radius 1 is 1.29 bits per heavy atom. The Morgan fingerprint density at radius 3 is 2.52 bits per heavy atom. The van der Waals surface area contributed by atoms with E-state index in [1.54, 1.807) is 24.3 Å². The number of carbonyl (C=O) groups is 2. The zero-order valence-corrected chi connectivity index (χ0v) is 12.9. The maximum Gasteiger partial charge on any atom is 0.335 e. The van der Waals surface area contributed by atoms with Crippen LogP contribution in [0.25, 0.3) is 0 Å². The molecule has 1 N–H and O–H groups in total. The molecule has 114 valence electrons. The molecule has 21 heavy (non-hydrogen) atoms. The third-order valence-electron chi connectivity index (χ3n) is 4.36.